The van der Waals surface area contributed by atoms with E-state index in [0.717, 1.165) is 12.1 Å². The molecule has 0 saturated heterocycles. The van der Waals surface area contributed by atoms with Gasteiger partial charge in [0.25, 0.3) is 0 Å². The lowest BCUT2D eigenvalue weighted by molar-refractivity contribution is 0.455. The van der Waals surface area contributed by atoms with Crippen LogP contribution in [0.2, 0.25) is 0 Å². The van der Waals surface area contributed by atoms with Gasteiger partial charge in [-0.05, 0) is 55.7 Å². The van der Waals surface area contributed by atoms with Crippen LogP contribution in [0.5, 0.6) is 0 Å². The third-order valence-corrected chi connectivity index (χ3v) is 3.77. The molecule has 0 amide bonds. The van der Waals surface area contributed by atoms with Crippen LogP contribution in [0.3, 0.4) is 0 Å². The van der Waals surface area contributed by atoms with Gasteiger partial charge in [0.15, 0.2) is 0 Å². The fraction of sp³-hybridized carbons (Fsp3) is 0.571. The second-order valence-electron chi connectivity index (χ2n) is 5.09. The smallest absolute Gasteiger partial charge is 0.0113 e. The molecule has 1 aromatic carbocycles. The van der Waals surface area contributed by atoms with E-state index in [2.05, 4.69) is 30.4 Å². The van der Waals surface area contributed by atoms with Crippen molar-refractivity contribution in [2.75, 3.05) is 0 Å². The summed E-state index contributed by atoms with van der Waals surface area (Å²) < 4.78 is 0. The van der Waals surface area contributed by atoms with Gasteiger partial charge in [-0.25, -0.2) is 0 Å². The van der Waals surface area contributed by atoms with E-state index in [-0.39, 0.29) is 0 Å². The van der Waals surface area contributed by atoms with Gasteiger partial charge in [-0.3, -0.25) is 0 Å². The van der Waals surface area contributed by atoms with E-state index < -0.39 is 0 Å². The Bertz CT molecular complexity index is 366. The van der Waals surface area contributed by atoms with Crippen molar-refractivity contribution in [3.8, 4) is 0 Å². The lowest BCUT2D eigenvalue weighted by Gasteiger charge is -2.26. The van der Waals surface area contributed by atoms with Gasteiger partial charge in [0, 0.05) is 12.1 Å². The molecule has 1 nitrogen and oxygen atoms in total. The van der Waals surface area contributed by atoms with E-state index in [1.165, 1.54) is 37.7 Å². The molecule has 2 aliphatic rings. The Balaban J connectivity index is 1.77. The predicted octanol–water partition coefficient (Wildman–Crippen LogP) is 2.60. The van der Waals surface area contributed by atoms with E-state index in [0.29, 0.717) is 0 Å². The Labute approximate surface area is 91.9 Å². The maximum Gasteiger partial charge on any atom is 0.0113 e. The van der Waals surface area contributed by atoms with Crippen LogP contribution in [-0.2, 0) is 12.8 Å². The lowest BCUT2D eigenvalue weighted by atomic mass is 9.86. The molecular formula is C14H19N. The van der Waals surface area contributed by atoms with Gasteiger partial charge in [-0.2, -0.15) is 0 Å². The summed E-state index contributed by atoms with van der Waals surface area (Å²) in [6, 6.07) is 8.35. The van der Waals surface area contributed by atoms with Crippen LogP contribution in [0.4, 0.5) is 0 Å². The number of aryl methyl sites for hydroxylation is 1. The summed E-state index contributed by atoms with van der Waals surface area (Å²) in [7, 11) is 0. The van der Waals surface area contributed by atoms with Gasteiger partial charge in [-0.15, -0.1) is 0 Å². The summed E-state index contributed by atoms with van der Waals surface area (Å²) in [4.78, 5) is 0. The normalized spacial score (nSPS) is 25.0. The number of rotatable bonds is 2. The Morgan fingerprint density at radius 1 is 1.13 bits per heavy atom. The largest absolute Gasteiger partial charge is 0.311 e. The first kappa shape index (κ1) is 9.41. The molecule has 80 valence electrons. The average Bonchev–Trinajstić information content (AvgIpc) is 3.02. The molecule has 1 unspecified atom stereocenters. The van der Waals surface area contributed by atoms with Gasteiger partial charge < -0.3 is 5.32 Å². The van der Waals surface area contributed by atoms with Gasteiger partial charge in [0.2, 0.25) is 0 Å². The summed E-state index contributed by atoms with van der Waals surface area (Å²) in [5.41, 5.74) is 4.68. The van der Waals surface area contributed by atoms with Crippen LogP contribution in [0.15, 0.2) is 18.2 Å². The quantitative estimate of drug-likeness (QED) is 0.775. The van der Waals surface area contributed by atoms with E-state index in [4.69, 9.17) is 0 Å². The monoisotopic (exact) mass is 201 g/mol. The zero-order valence-electron chi connectivity index (χ0n) is 9.42. The third kappa shape index (κ3) is 1.93. The van der Waals surface area contributed by atoms with Crippen molar-refractivity contribution in [1.29, 1.82) is 0 Å². The van der Waals surface area contributed by atoms with Crippen LogP contribution in [0, 0.1) is 6.92 Å². The first-order valence-corrected chi connectivity index (χ1v) is 6.16. The van der Waals surface area contributed by atoms with Crippen molar-refractivity contribution < 1.29 is 0 Å². The number of benzene rings is 1. The van der Waals surface area contributed by atoms with Gasteiger partial charge in [-0.1, -0.05) is 18.2 Å². The SMILES string of the molecule is Cc1cccc2c1CCC(NC1CC1)C2. The second-order valence-corrected chi connectivity index (χ2v) is 5.09. The minimum atomic E-state index is 0.742. The maximum atomic E-state index is 3.75. The molecule has 3 rings (SSSR count). The average molecular weight is 201 g/mol. The van der Waals surface area contributed by atoms with E-state index in [1.807, 2.05) is 0 Å². The third-order valence-electron chi connectivity index (χ3n) is 3.77. The Morgan fingerprint density at radius 2 is 2.00 bits per heavy atom. The van der Waals surface area contributed by atoms with E-state index >= 15 is 0 Å². The van der Waals surface area contributed by atoms with Crippen molar-refractivity contribution >= 4 is 0 Å². The molecule has 0 spiro atoms. The molecule has 0 heterocycles. The topological polar surface area (TPSA) is 12.0 Å². The molecule has 1 fully saturated rings. The molecular weight excluding hydrogens is 182 g/mol. The van der Waals surface area contributed by atoms with Gasteiger partial charge in [0.05, 0.1) is 0 Å². The zero-order valence-corrected chi connectivity index (χ0v) is 9.42. The summed E-state index contributed by atoms with van der Waals surface area (Å²) in [6.45, 7) is 2.24. The van der Waals surface area contributed by atoms with Crippen LogP contribution in [0.25, 0.3) is 0 Å². The highest BCUT2D eigenvalue weighted by Crippen LogP contribution is 2.27. The summed E-state index contributed by atoms with van der Waals surface area (Å²) >= 11 is 0. The fourth-order valence-corrected chi connectivity index (χ4v) is 2.72. The Kier molecular flexibility index (Phi) is 2.28. The van der Waals surface area contributed by atoms with Gasteiger partial charge in [0.1, 0.15) is 0 Å². The molecule has 15 heavy (non-hydrogen) atoms. The van der Waals surface area contributed by atoms with Crippen molar-refractivity contribution in [2.45, 2.75) is 51.1 Å². The summed E-state index contributed by atoms with van der Waals surface area (Å²) in [6.07, 6.45) is 6.64. The highest BCUT2D eigenvalue weighted by Gasteiger charge is 2.27. The molecule has 2 aliphatic carbocycles. The molecule has 1 saturated carbocycles. The zero-order chi connectivity index (χ0) is 10.3. The first-order valence-electron chi connectivity index (χ1n) is 6.16. The fourth-order valence-electron chi connectivity index (χ4n) is 2.72. The van der Waals surface area contributed by atoms with Crippen molar-refractivity contribution in [3.05, 3.63) is 34.9 Å². The van der Waals surface area contributed by atoms with E-state index in [9.17, 15) is 0 Å². The maximum absolute atomic E-state index is 3.75. The highest BCUT2D eigenvalue weighted by molar-refractivity contribution is 5.37. The Hall–Kier alpha value is -0.820. The minimum absolute atomic E-state index is 0.742. The summed E-state index contributed by atoms with van der Waals surface area (Å²) in [5, 5.41) is 3.75. The van der Waals surface area contributed by atoms with Gasteiger partial charge >= 0.3 is 0 Å². The molecule has 1 heteroatoms. The molecule has 1 aromatic rings. The van der Waals surface area contributed by atoms with Crippen LogP contribution < -0.4 is 5.32 Å². The standard InChI is InChI=1S/C14H19N/c1-10-3-2-4-11-9-13(7-8-14(10)11)15-12-5-6-12/h2-4,12-13,15H,5-9H2,1H3. The van der Waals surface area contributed by atoms with E-state index in [1.54, 1.807) is 11.1 Å². The van der Waals surface area contributed by atoms with Crippen molar-refractivity contribution in [1.82, 2.24) is 5.32 Å². The molecule has 1 N–H and O–H groups in total. The summed E-state index contributed by atoms with van der Waals surface area (Å²) in [5.74, 6) is 0. The molecule has 0 aromatic heterocycles. The predicted molar refractivity (Wildman–Crippen MR) is 63.1 cm³/mol. The van der Waals surface area contributed by atoms with Crippen molar-refractivity contribution in [3.63, 3.8) is 0 Å². The minimum Gasteiger partial charge on any atom is -0.311 e. The second kappa shape index (κ2) is 3.64. The highest BCUT2D eigenvalue weighted by atomic mass is 15.0. The van der Waals surface area contributed by atoms with Crippen LogP contribution in [-0.4, -0.2) is 12.1 Å². The van der Waals surface area contributed by atoms with Crippen LogP contribution in [0.1, 0.15) is 36.0 Å². The number of nitrogens with one attached hydrogen (secondary N) is 1. The number of fused-ring (bicyclic) bond motifs is 1. The molecule has 1 atom stereocenters. The van der Waals surface area contributed by atoms with Crippen molar-refractivity contribution in [2.24, 2.45) is 0 Å². The lowest BCUT2D eigenvalue weighted by Crippen LogP contribution is -2.36. The van der Waals surface area contributed by atoms with Crippen LogP contribution >= 0.6 is 0 Å². The molecule has 0 bridgehead atoms. The first-order chi connectivity index (χ1) is 7.33. The molecule has 0 radical (unpaired) electrons. The number of hydrogen-bond acceptors (Lipinski definition) is 1. The molecule has 0 aliphatic heterocycles. The number of hydrogen-bond donors (Lipinski definition) is 1. The Morgan fingerprint density at radius 3 is 2.80 bits per heavy atom.